The second-order valence-electron chi connectivity index (χ2n) is 8.17. The molecule has 2 aliphatic heterocycles. The Morgan fingerprint density at radius 1 is 1.15 bits per heavy atom. The minimum Gasteiger partial charge on any atom is -0.493 e. The zero-order chi connectivity index (χ0) is 24.0. The number of rotatable bonds is 4. The lowest BCUT2D eigenvalue weighted by Gasteiger charge is -2.27. The van der Waals surface area contributed by atoms with E-state index >= 15 is 0 Å². The summed E-state index contributed by atoms with van der Waals surface area (Å²) >= 11 is 13.7. The molecule has 7 nitrogen and oxygen atoms in total. The fourth-order valence-electron chi connectivity index (χ4n) is 4.17. The lowest BCUT2D eigenvalue weighted by Crippen LogP contribution is -2.38. The Kier molecular flexibility index (Phi) is 6.16. The first-order chi connectivity index (χ1) is 16.3. The van der Waals surface area contributed by atoms with Gasteiger partial charge >= 0.3 is 5.97 Å². The van der Waals surface area contributed by atoms with Crippen molar-refractivity contribution in [2.45, 2.75) is 19.1 Å². The number of thiophene rings is 1. The lowest BCUT2D eigenvalue weighted by atomic mass is 10.0. The number of benzene rings is 2. The van der Waals surface area contributed by atoms with Crippen molar-refractivity contribution in [1.29, 1.82) is 0 Å². The molecule has 5 rings (SSSR count). The minimum atomic E-state index is -0.629. The number of amides is 1. The Morgan fingerprint density at radius 2 is 1.97 bits per heavy atom. The third-order valence-electron chi connectivity index (χ3n) is 5.90. The van der Waals surface area contributed by atoms with E-state index in [1.54, 1.807) is 35.6 Å². The molecular formula is C24H21Cl2N3O4S. The predicted octanol–water partition coefficient (Wildman–Crippen LogP) is 5.12. The quantitative estimate of drug-likeness (QED) is 0.369. The number of carbonyl (C=O) groups excluding carboxylic acids is 2. The number of carbonyl (C=O) groups is 2. The summed E-state index contributed by atoms with van der Waals surface area (Å²) in [6.07, 6.45) is 0.422. The first-order valence-corrected chi connectivity index (χ1v) is 12.2. The Bertz CT molecular complexity index is 1310. The van der Waals surface area contributed by atoms with Gasteiger partial charge in [-0.3, -0.25) is 4.79 Å². The van der Waals surface area contributed by atoms with Gasteiger partial charge in [0, 0.05) is 23.0 Å². The van der Waals surface area contributed by atoms with Gasteiger partial charge in [0.25, 0.3) is 5.91 Å². The van der Waals surface area contributed by atoms with Gasteiger partial charge in [0.15, 0.2) is 11.5 Å². The fraction of sp³-hybridized carbons (Fsp3) is 0.250. The molecule has 3 aromatic rings. The minimum absolute atomic E-state index is 0.0901. The molecule has 1 atom stereocenters. The number of methoxy groups -OCH3 is 1. The van der Waals surface area contributed by atoms with Gasteiger partial charge in [-0.25, -0.2) is 4.79 Å². The summed E-state index contributed by atoms with van der Waals surface area (Å²) in [6.45, 7) is 1.78. The van der Waals surface area contributed by atoms with E-state index in [1.165, 1.54) is 24.1 Å². The van der Waals surface area contributed by atoms with Crippen LogP contribution >= 0.6 is 34.5 Å². The van der Waals surface area contributed by atoms with Crippen LogP contribution in [0.4, 0.5) is 5.00 Å². The molecule has 0 bridgehead atoms. The van der Waals surface area contributed by atoms with Crippen LogP contribution in [0.15, 0.2) is 36.4 Å². The summed E-state index contributed by atoms with van der Waals surface area (Å²) in [5.41, 5.74) is 2.85. The monoisotopic (exact) mass is 517 g/mol. The van der Waals surface area contributed by atoms with Crippen LogP contribution in [0.3, 0.4) is 0 Å². The van der Waals surface area contributed by atoms with E-state index < -0.39 is 12.1 Å². The van der Waals surface area contributed by atoms with Crippen LogP contribution in [0.5, 0.6) is 11.5 Å². The Balaban J connectivity index is 1.38. The molecule has 1 unspecified atom stereocenters. The SMILES string of the molecule is COc1cc(C2NC(=O)c3c(sc4c3CCN(C)C4)N2)ccc1OC(=O)c1ccc(Cl)cc1Cl. The molecule has 0 saturated carbocycles. The van der Waals surface area contributed by atoms with Crippen LogP contribution < -0.4 is 20.1 Å². The number of fused-ring (bicyclic) bond motifs is 3. The third-order valence-corrected chi connectivity index (χ3v) is 7.60. The van der Waals surface area contributed by atoms with Gasteiger partial charge in [0.05, 0.1) is 23.3 Å². The van der Waals surface area contributed by atoms with E-state index in [9.17, 15) is 9.59 Å². The second kappa shape index (κ2) is 9.11. The van der Waals surface area contributed by atoms with Crippen molar-refractivity contribution in [1.82, 2.24) is 10.2 Å². The standard InChI is InChI=1S/C24H21Cl2N3O4S/c1-29-8-7-15-19(11-29)34-23-20(15)22(30)27-21(28-23)12-3-6-17(18(9-12)32-2)33-24(31)14-5-4-13(25)10-16(14)26/h3-6,9-10,21,28H,7-8,11H2,1-2H3,(H,27,30). The predicted molar refractivity (Wildman–Crippen MR) is 133 cm³/mol. The molecule has 0 fully saturated rings. The van der Waals surface area contributed by atoms with E-state index in [1.807, 2.05) is 0 Å². The average Bonchev–Trinajstić information content (AvgIpc) is 3.17. The number of hydrogen-bond acceptors (Lipinski definition) is 7. The van der Waals surface area contributed by atoms with Gasteiger partial charge in [-0.15, -0.1) is 11.3 Å². The molecule has 0 aliphatic carbocycles. The zero-order valence-electron chi connectivity index (χ0n) is 18.4. The summed E-state index contributed by atoms with van der Waals surface area (Å²) < 4.78 is 11.0. The normalized spacial score (nSPS) is 17.3. The van der Waals surface area contributed by atoms with Crippen molar-refractivity contribution in [3.63, 3.8) is 0 Å². The van der Waals surface area contributed by atoms with Crippen molar-refractivity contribution >= 4 is 51.4 Å². The van der Waals surface area contributed by atoms with Gasteiger partial charge in [-0.1, -0.05) is 29.3 Å². The van der Waals surface area contributed by atoms with Gasteiger partial charge in [0.1, 0.15) is 11.2 Å². The molecule has 3 heterocycles. The highest BCUT2D eigenvalue weighted by atomic mass is 35.5. The number of halogens is 2. The maximum absolute atomic E-state index is 13.0. The molecule has 2 aliphatic rings. The maximum Gasteiger partial charge on any atom is 0.345 e. The average molecular weight is 518 g/mol. The number of nitrogens with zero attached hydrogens (tertiary/aromatic N) is 1. The number of likely N-dealkylation sites (N-methyl/N-ethyl adjacent to an activating group) is 1. The van der Waals surface area contributed by atoms with Crippen LogP contribution in [0.1, 0.15) is 42.9 Å². The van der Waals surface area contributed by atoms with Gasteiger partial charge in [0.2, 0.25) is 0 Å². The number of anilines is 1. The number of hydrogen-bond donors (Lipinski definition) is 2. The van der Waals surface area contributed by atoms with Crippen molar-refractivity contribution in [2.75, 3.05) is 26.0 Å². The largest absolute Gasteiger partial charge is 0.493 e. The molecule has 0 radical (unpaired) electrons. The van der Waals surface area contributed by atoms with E-state index in [2.05, 4.69) is 22.6 Å². The van der Waals surface area contributed by atoms with Crippen molar-refractivity contribution in [2.24, 2.45) is 0 Å². The smallest absolute Gasteiger partial charge is 0.345 e. The Labute approximate surface area is 210 Å². The summed E-state index contributed by atoms with van der Waals surface area (Å²) in [4.78, 5) is 29.1. The number of nitrogens with one attached hydrogen (secondary N) is 2. The van der Waals surface area contributed by atoms with Crippen LogP contribution in [-0.4, -0.2) is 37.5 Å². The molecule has 176 valence electrons. The van der Waals surface area contributed by atoms with Crippen LogP contribution in [0.2, 0.25) is 10.0 Å². The van der Waals surface area contributed by atoms with Crippen LogP contribution in [0.25, 0.3) is 0 Å². The Hall–Kier alpha value is -2.78. The molecule has 2 aromatic carbocycles. The van der Waals surface area contributed by atoms with Gasteiger partial charge < -0.3 is 25.0 Å². The van der Waals surface area contributed by atoms with Gasteiger partial charge in [-0.2, -0.15) is 0 Å². The fourth-order valence-corrected chi connectivity index (χ4v) is 6.01. The van der Waals surface area contributed by atoms with Crippen molar-refractivity contribution in [3.8, 4) is 11.5 Å². The van der Waals surface area contributed by atoms with Crippen molar-refractivity contribution in [3.05, 3.63) is 73.6 Å². The van der Waals surface area contributed by atoms with Gasteiger partial charge in [-0.05, 0) is 54.9 Å². The second-order valence-corrected chi connectivity index (χ2v) is 10.1. The highest BCUT2D eigenvalue weighted by molar-refractivity contribution is 7.16. The highest BCUT2D eigenvalue weighted by Crippen LogP contribution is 2.41. The molecule has 1 amide bonds. The summed E-state index contributed by atoms with van der Waals surface area (Å²) in [7, 11) is 3.57. The van der Waals surface area contributed by atoms with Crippen LogP contribution in [-0.2, 0) is 13.0 Å². The highest BCUT2D eigenvalue weighted by Gasteiger charge is 2.33. The number of esters is 1. The van der Waals surface area contributed by atoms with E-state index in [4.69, 9.17) is 32.7 Å². The molecule has 10 heteroatoms. The summed E-state index contributed by atoms with van der Waals surface area (Å²) in [5.74, 6) is -0.132. The molecule has 1 aromatic heterocycles. The lowest BCUT2D eigenvalue weighted by molar-refractivity contribution is 0.0729. The molecule has 2 N–H and O–H groups in total. The molecule has 0 saturated heterocycles. The first kappa shape index (κ1) is 23.0. The maximum atomic E-state index is 13.0. The topological polar surface area (TPSA) is 79.9 Å². The Morgan fingerprint density at radius 3 is 2.74 bits per heavy atom. The molecule has 0 spiro atoms. The van der Waals surface area contributed by atoms with Crippen molar-refractivity contribution < 1.29 is 19.1 Å². The number of ether oxygens (including phenoxy) is 2. The summed E-state index contributed by atoms with van der Waals surface area (Å²) in [5, 5.41) is 7.97. The molecule has 34 heavy (non-hydrogen) atoms. The summed E-state index contributed by atoms with van der Waals surface area (Å²) in [6, 6.07) is 9.69. The van der Waals surface area contributed by atoms with E-state index in [-0.39, 0.29) is 22.2 Å². The van der Waals surface area contributed by atoms with E-state index in [0.717, 1.165) is 41.2 Å². The van der Waals surface area contributed by atoms with Crippen LogP contribution in [0, 0.1) is 0 Å². The van der Waals surface area contributed by atoms with E-state index in [0.29, 0.717) is 10.8 Å². The first-order valence-electron chi connectivity index (χ1n) is 10.6. The zero-order valence-corrected chi connectivity index (χ0v) is 20.7. The third kappa shape index (κ3) is 4.22. The molecular weight excluding hydrogens is 497 g/mol.